The van der Waals surface area contributed by atoms with Crippen molar-refractivity contribution in [2.45, 2.75) is 32.9 Å². The van der Waals surface area contributed by atoms with E-state index in [1.54, 1.807) is 7.11 Å². The van der Waals surface area contributed by atoms with Crippen LogP contribution in [-0.2, 0) is 11.3 Å². The van der Waals surface area contributed by atoms with Crippen molar-refractivity contribution in [2.24, 2.45) is 5.92 Å². The van der Waals surface area contributed by atoms with Gasteiger partial charge in [-0.3, -0.25) is 0 Å². The molecule has 0 saturated carbocycles. The Labute approximate surface area is 116 Å². The number of ether oxygens (including phenoxy) is 1. The predicted octanol–water partition coefficient (Wildman–Crippen LogP) is 2.05. The Hall–Kier alpha value is -1.13. The van der Waals surface area contributed by atoms with Crippen molar-refractivity contribution in [2.75, 3.05) is 31.7 Å². The van der Waals surface area contributed by atoms with Gasteiger partial charge in [0.25, 0.3) is 0 Å². The lowest BCUT2D eigenvalue weighted by Gasteiger charge is -2.18. The first kappa shape index (κ1) is 14.3. The monoisotopic (exact) mass is 263 g/mol. The third-order valence-corrected chi connectivity index (χ3v) is 3.50. The lowest BCUT2D eigenvalue weighted by atomic mass is 10.1. The fourth-order valence-electron chi connectivity index (χ4n) is 2.46. The second-order valence-electron chi connectivity index (χ2n) is 5.58. The first-order valence-corrected chi connectivity index (χ1v) is 7.12. The largest absolute Gasteiger partial charge is 0.384 e. The summed E-state index contributed by atoms with van der Waals surface area (Å²) < 4.78 is 5.24. The summed E-state index contributed by atoms with van der Waals surface area (Å²) in [6, 6.07) is 6.78. The van der Waals surface area contributed by atoms with Gasteiger partial charge in [0.1, 0.15) is 5.82 Å². The van der Waals surface area contributed by atoms with E-state index in [1.807, 2.05) is 0 Å². The summed E-state index contributed by atoms with van der Waals surface area (Å²) in [6.45, 7) is 8.13. The first-order valence-electron chi connectivity index (χ1n) is 7.12. The van der Waals surface area contributed by atoms with Crippen molar-refractivity contribution in [1.82, 2.24) is 10.3 Å². The Balaban J connectivity index is 1.95. The molecule has 19 heavy (non-hydrogen) atoms. The molecule has 0 radical (unpaired) electrons. The van der Waals surface area contributed by atoms with E-state index in [0.717, 1.165) is 37.8 Å². The predicted molar refractivity (Wildman–Crippen MR) is 78.4 cm³/mol. The minimum Gasteiger partial charge on any atom is -0.384 e. The maximum atomic E-state index is 5.24. The van der Waals surface area contributed by atoms with Gasteiger partial charge in [-0.2, -0.15) is 0 Å². The summed E-state index contributed by atoms with van der Waals surface area (Å²) >= 11 is 0. The average Bonchev–Trinajstić information content (AvgIpc) is 2.86. The Bertz CT molecular complexity index is 395. The van der Waals surface area contributed by atoms with Gasteiger partial charge in [-0.1, -0.05) is 19.9 Å². The molecule has 106 valence electrons. The summed E-state index contributed by atoms with van der Waals surface area (Å²) in [5, 5.41) is 3.41. The highest BCUT2D eigenvalue weighted by Crippen LogP contribution is 2.22. The number of anilines is 1. The van der Waals surface area contributed by atoms with Gasteiger partial charge in [-0.05, 0) is 18.6 Å². The lowest BCUT2D eigenvalue weighted by Crippen LogP contribution is -2.24. The number of aromatic nitrogens is 1. The van der Waals surface area contributed by atoms with Crippen LogP contribution >= 0.6 is 0 Å². The number of rotatable bonds is 6. The third-order valence-electron chi connectivity index (χ3n) is 3.50. The van der Waals surface area contributed by atoms with E-state index in [-0.39, 0.29) is 0 Å². The smallest absolute Gasteiger partial charge is 0.128 e. The molecule has 1 N–H and O–H groups in total. The van der Waals surface area contributed by atoms with E-state index in [1.165, 1.54) is 6.42 Å². The molecule has 2 heterocycles. The molecule has 2 rings (SSSR count). The number of methoxy groups -OCH3 is 1. The van der Waals surface area contributed by atoms with Crippen LogP contribution < -0.4 is 10.2 Å². The zero-order valence-electron chi connectivity index (χ0n) is 12.2. The fraction of sp³-hybridized carbons (Fsp3) is 0.667. The first-order chi connectivity index (χ1) is 9.19. The Morgan fingerprint density at radius 2 is 2.32 bits per heavy atom. The summed E-state index contributed by atoms with van der Waals surface area (Å²) in [5.41, 5.74) is 1.11. The summed E-state index contributed by atoms with van der Waals surface area (Å²) in [7, 11) is 1.78. The minimum absolute atomic E-state index is 0.489. The molecule has 1 saturated heterocycles. The molecule has 0 aromatic carbocycles. The second-order valence-corrected chi connectivity index (χ2v) is 5.58. The fourth-order valence-corrected chi connectivity index (χ4v) is 2.46. The molecule has 1 aliphatic heterocycles. The standard InChI is InChI=1S/C15H25N3O/c1-12(2)16-9-14-5-4-6-15(17-14)18-8-7-13(10-18)11-19-3/h4-6,12-13,16H,7-11H2,1-3H3. The van der Waals surface area contributed by atoms with Crippen LogP contribution in [0.3, 0.4) is 0 Å². The van der Waals surface area contributed by atoms with Gasteiger partial charge < -0.3 is 15.0 Å². The zero-order chi connectivity index (χ0) is 13.7. The quantitative estimate of drug-likeness (QED) is 0.852. The van der Waals surface area contributed by atoms with Crippen molar-refractivity contribution >= 4 is 5.82 Å². The van der Waals surface area contributed by atoms with Gasteiger partial charge in [0.2, 0.25) is 0 Å². The van der Waals surface area contributed by atoms with E-state index in [4.69, 9.17) is 9.72 Å². The average molecular weight is 263 g/mol. The topological polar surface area (TPSA) is 37.4 Å². The van der Waals surface area contributed by atoms with Crippen LogP contribution in [0.4, 0.5) is 5.82 Å². The Morgan fingerprint density at radius 3 is 3.05 bits per heavy atom. The molecule has 1 aliphatic rings. The van der Waals surface area contributed by atoms with Crippen molar-refractivity contribution < 1.29 is 4.74 Å². The molecule has 1 fully saturated rings. The number of hydrogen-bond donors (Lipinski definition) is 1. The molecule has 0 amide bonds. The van der Waals surface area contributed by atoms with Crippen LogP contribution in [0.1, 0.15) is 26.0 Å². The molecule has 1 atom stereocenters. The van der Waals surface area contributed by atoms with E-state index in [2.05, 4.69) is 42.3 Å². The van der Waals surface area contributed by atoms with Crippen molar-refractivity contribution in [3.05, 3.63) is 23.9 Å². The van der Waals surface area contributed by atoms with Crippen LogP contribution in [0.5, 0.6) is 0 Å². The van der Waals surface area contributed by atoms with Gasteiger partial charge in [0.05, 0.1) is 12.3 Å². The molecule has 0 aliphatic carbocycles. The summed E-state index contributed by atoms with van der Waals surface area (Å²) in [4.78, 5) is 7.11. The van der Waals surface area contributed by atoms with Gasteiger partial charge in [-0.25, -0.2) is 4.98 Å². The highest BCUT2D eigenvalue weighted by molar-refractivity contribution is 5.40. The van der Waals surface area contributed by atoms with Gasteiger partial charge in [-0.15, -0.1) is 0 Å². The maximum Gasteiger partial charge on any atom is 0.128 e. The van der Waals surface area contributed by atoms with Gasteiger partial charge in [0.15, 0.2) is 0 Å². The van der Waals surface area contributed by atoms with Gasteiger partial charge in [0, 0.05) is 38.7 Å². The summed E-state index contributed by atoms with van der Waals surface area (Å²) in [6.07, 6.45) is 1.20. The van der Waals surface area contributed by atoms with E-state index in [9.17, 15) is 0 Å². The van der Waals surface area contributed by atoms with Crippen molar-refractivity contribution in [3.63, 3.8) is 0 Å². The molecule has 0 bridgehead atoms. The SMILES string of the molecule is COCC1CCN(c2cccc(CNC(C)C)n2)C1. The van der Waals surface area contributed by atoms with E-state index < -0.39 is 0 Å². The number of hydrogen-bond acceptors (Lipinski definition) is 4. The Morgan fingerprint density at radius 1 is 1.47 bits per heavy atom. The minimum atomic E-state index is 0.489. The normalized spacial score (nSPS) is 19.4. The third kappa shape index (κ3) is 4.18. The molecule has 1 aromatic heterocycles. The zero-order valence-corrected chi connectivity index (χ0v) is 12.2. The van der Waals surface area contributed by atoms with Crippen LogP contribution in [0, 0.1) is 5.92 Å². The summed E-state index contributed by atoms with van der Waals surface area (Å²) in [5.74, 6) is 1.74. The second kappa shape index (κ2) is 6.87. The molecule has 4 heteroatoms. The van der Waals surface area contributed by atoms with Crippen LogP contribution in [0.2, 0.25) is 0 Å². The number of nitrogens with zero attached hydrogens (tertiary/aromatic N) is 2. The lowest BCUT2D eigenvalue weighted by molar-refractivity contribution is 0.161. The number of nitrogens with one attached hydrogen (secondary N) is 1. The van der Waals surface area contributed by atoms with Crippen LogP contribution in [0.25, 0.3) is 0 Å². The van der Waals surface area contributed by atoms with Crippen LogP contribution in [0.15, 0.2) is 18.2 Å². The molecule has 1 aromatic rings. The molecular formula is C15H25N3O. The number of pyridine rings is 1. The molecule has 0 spiro atoms. The Kier molecular flexibility index (Phi) is 5.16. The van der Waals surface area contributed by atoms with E-state index >= 15 is 0 Å². The van der Waals surface area contributed by atoms with Crippen molar-refractivity contribution in [3.8, 4) is 0 Å². The van der Waals surface area contributed by atoms with Crippen LogP contribution in [-0.4, -0.2) is 37.8 Å². The van der Waals surface area contributed by atoms with Gasteiger partial charge >= 0.3 is 0 Å². The molecule has 1 unspecified atom stereocenters. The highest BCUT2D eigenvalue weighted by Gasteiger charge is 2.23. The highest BCUT2D eigenvalue weighted by atomic mass is 16.5. The van der Waals surface area contributed by atoms with E-state index in [0.29, 0.717) is 12.0 Å². The maximum absolute atomic E-state index is 5.24. The molecule has 4 nitrogen and oxygen atoms in total. The molecular weight excluding hydrogens is 238 g/mol. The van der Waals surface area contributed by atoms with Crippen molar-refractivity contribution in [1.29, 1.82) is 0 Å².